The second-order valence-electron chi connectivity index (χ2n) is 2.04. The summed E-state index contributed by atoms with van der Waals surface area (Å²) in [4.78, 5) is 3.79. The van der Waals surface area contributed by atoms with E-state index < -0.39 is 6.71 Å². The van der Waals surface area contributed by atoms with Gasteiger partial charge in [0.2, 0.25) is 0 Å². The Morgan fingerprint density at radius 1 is 1.50 bits per heavy atom. The molecule has 0 amide bonds. The van der Waals surface area contributed by atoms with Gasteiger partial charge in [0.1, 0.15) is 5.75 Å². The molecule has 0 N–H and O–H groups in total. The van der Waals surface area contributed by atoms with E-state index in [1.165, 1.54) is 0 Å². The van der Waals surface area contributed by atoms with Crippen molar-refractivity contribution in [2.75, 3.05) is 6.71 Å². The van der Waals surface area contributed by atoms with Gasteiger partial charge >= 0.3 is 0 Å². The Morgan fingerprint density at radius 2 is 2.40 bits per heavy atom. The summed E-state index contributed by atoms with van der Waals surface area (Å²) >= 11 is 0. The number of rotatable bonds is 0. The zero-order valence-electron chi connectivity index (χ0n) is 6.32. The van der Waals surface area contributed by atoms with Crippen LogP contribution in [0.4, 0.5) is 0 Å². The molecule has 1 atom stereocenters. The number of fused-ring (bicyclic) bond motifs is 1. The van der Waals surface area contributed by atoms with Gasteiger partial charge in [-0.3, -0.25) is 4.99 Å². The second kappa shape index (κ2) is 2.14. The van der Waals surface area contributed by atoms with Gasteiger partial charge in [0, 0.05) is 11.8 Å². The molecular weight excluding hydrogens is 126 g/mol. The molecule has 0 spiro atoms. The third-order valence-electron chi connectivity index (χ3n) is 1.37. The molecule has 0 saturated carbocycles. The Hall–Kier alpha value is -1.31. The number of nitrogens with zero attached hydrogens (tertiary/aromatic N) is 1. The van der Waals surface area contributed by atoms with Crippen molar-refractivity contribution in [2.24, 2.45) is 4.99 Å². The molecule has 50 valence electrons. The predicted molar refractivity (Wildman–Crippen MR) is 39.5 cm³/mol. The van der Waals surface area contributed by atoms with E-state index in [9.17, 15) is 0 Å². The molecule has 0 fully saturated rings. The molecule has 1 heterocycles. The van der Waals surface area contributed by atoms with Gasteiger partial charge in [-0.25, -0.2) is 0 Å². The van der Waals surface area contributed by atoms with Crippen LogP contribution in [0.25, 0.3) is 0 Å². The van der Waals surface area contributed by atoms with Crippen LogP contribution in [0.5, 0.6) is 5.75 Å². The fourth-order valence-electron chi connectivity index (χ4n) is 0.892. The highest BCUT2D eigenvalue weighted by Gasteiger charge is 2.02. The number of aliphatic imine (C=N–C) groups is 1. The minimum absolute atomic E-state index is 0.738. The van der Waals surface area contributed by atoms with Gasteiger partial charge in [0.05, 0.1) is 1.37 Å². The van der Waals surface area contributed by atoms with Crippen LogP contribution in [0.3, 0.4) is 0 Å². The molecule has 2 rings (SSSR count). The van der Waals surface area contributed by atoms with Crippen LogP contribution in [-0.4, -0.2) is 12.9 Å². The van der Waals surface area contributed by atoms with Gasteiger partial charge < -0.3 is 4.74 Å². The Bertz CT molecular complexity index is 298. The Labute approximate surface area is 60.6 Å². The maximum Gasteiger partial charge on any atom is 0.179 e. The fourth-order valence-corrected chi connectivity index (χ4v) is 0.892. The fraction of sp³-hybridized carbons (Fsp3) is 0.125. The zero-order valence-corrected chi connectivity index (χ0v) is 5.32. The molecular formula is C8H7NO. The second-order valence-corrected chi connectivity index (χ2v) is 2.04. The minimum Gasteiger partial charge on any atom is -0.471 e. The van der Waals surface area contributed by atoms with Crippen molar-refractivity contribution in [2.45, 2.75) is 0 Å². The summed E-state index contributed by atoms with van der Waals surface area (Å²) in [5.41, 5.74) is 0.941. The van der Waals surface area contributed by atoms with Crippen molar-refractivity contribution >= 4 is 6.21 Å². The van der Waals surface area contributed by atoms with Gasteiger partial charge in [-0.2, -0.15) is 0 Å². The van der Waals surface area contributed by atoms with E-state index >= 15 is 0 Å². The van der Waals surface area contributed by atoms with Crippen molar-refractivity contribution in [1.29, 1.82) is 0 Å². The maximum absolute atomic E-state index is 7.18. The first-order chi connectivity index (χ1) is 5.36. The van der Waals surface area contributed by atoms with Crippen molar-refractivity contribution in [3.05, 3.63) is 29.8 Å². The number of benzene rings is 1. The summed E-state index contributed by atoms with van der Waals surface area (Å²) in [7, 11) is 0. The van der Waals surface area contributed by atoms with Crippen LogP contribution >= 0.6 is 0 Å². The van der Waals surface area contributed by atoms with E-state index in [0.717, 1.165) is 11.3 Å². The molecule has 0 radical (unpaired) electrons. The highest BCUT2D eigenvalue weighted by Crippen LogP contribution is 2.17. The van der Waals surface area contributed by atoms with Crippen molar-refractivity contribution in [3.8, 4) is 5.75 Å². The lowest BCUT2D eigenvalue weighted by atomic mass is 10.2. The molecule has 0 aromatic heterocycles. The van der Waals surface area contributed by atoms with Crippen LogP contribution in [0, 0.1) is 0 Å². The summed E-state index contributed by atoms with van der Waals surface area (Å²) in [5.74, 6) is 0.738. The lowest BCUT2D eigenvalue weighted by Crippen LogP contribution is -2.02. The summed E-state index contributed by atoms with van der Waals surface area (Å²) in [6, 6.07) is 7.54. The molecule has 2 nitrogen and oxygen atoms in total. The molecule has 2 heteroatoms. The molecule has 1 aromatic carbocycles. The summed E-state index contributed by atoms with van der Waals surface area (Å²) in [6.45, 7) is -0.787. The van der Waals surface area contributed by atoms with E-state index in [-0.39, 0.29) is 0 Å². The Kier molecular flexibility index (Phi) is 0.961. The highest BCUT2D eigenvalue weighted by molar-refractivity contribution is 5.84. The molecule has 0 bridgehead atoms. The lowest BCUT2D eigenvalue weighted by Gasteiger charge is -2.09. The minimum atomic E-state index is -0.787. The largest absolute Gasteiger partial charge is 0.471 e. The highest BCUT2D eigenvalue weighted by atomic mass is 16.5. The standard InChI is InChI=1S/C8H7NO/c1-2-4-8-7(3-1)5-9-6-10-8/h1-5H,6H2/i6D. The molecule has 1 aliphatic rings. The normalized spacial score (nSPS) is 22.8. The average molecular weight is 134 g/mol. The van der Waals surface area contributed by atoms with E-state index in [0.29, 0.717) is 0 Å². The number of hydrogen-bond acceptors (Lipinski definition) is 2. The van der Waals surface area contributed by atoms with Crippen LogP contribution in [-0.2, 0) is 0 Å². The quantitative estimate of drug-likeness (QED) is 0.526. The van der Waals surface area contributed by atoms with E-state index in [2.05, 4.69) is 4.99 Å². The predicted octanol–water partition coefficient (Wildman–Crippen LogP) is 1.46. The SMILES string of the molecule is [2H]C1N=Cc2ccccc2O1. The van der Waals surface area contributed by atoms with Crippen molar-refractivity contribution in [3.63, 3.8) is 0 Å². The third-order valence-corrected chi connectivity index (χ3v) is 1.37. The van der Waals surface area contributed by atoms with Gasteiger partial charge in [-0.05, 0) is 12.1 Å². The van der Waals surface area contributed by atoms with E-state index in [1.54, 1.807) is 6.21 Å². The van der Waals surface area contributed by atoms with Crippen molar-refractivity contribution < 1.29 is 6.11 Å². The van der Waals surface area contributed by atoms with Crippen LogP contribution < -0.4 is 4.74 Å². The summed E-state index contributed by atoms with van der Waals surface area (Å²) < 4.78 is 12.3. The van der Waals surface area contributed by atoms with Gasteiger partial charge in [0.25, 0.3) is 0 Å². The molecule has 10 heavy (non-hydrogen) atoms. The molecule has 0 aliphatic carbocycles. The van der Waals surface area contributed by atoms with E-state index in [1.807, 2.05) is 24.3 Å². The zero-order chi connectivity index (χ0) is 7.68. The third kappa shape index (κ3) is 0.778. The average Bonchev–Trinajstić information content (AvgIpc) is 2.04. The topological polar surface area (TPSA) is 21.6 Å². The Balaban J connectivity index is 2.46. The first-order valence-electron chi connectivity index (χ1n) is 3.65. The monoisotopic (exact) mass is 134 g/mol. The maximum atomic E-state index is 7.18. The molecule has 1 aliphatic heterocycles. The summed E-state index contributed by atoms with van der Waals surface area (Å²) in [6.07, 6.45) is 1.66. The molecule has 0 saturated heterocycles. The Morgan fingerprint density at radius 3 is 3.40 bits per heavy atom. The summed E-state index contributed by atoms with van der Waals surface area (Å²) in [5, 5.41) is 0. The first-order valence-corrected chi connectivity index (χ1v) is 3.07. The lowest BCUT2D eigenvalue weighted by molar-refractivity contribution is 0.326. The number of para-hydroxylation sites is 1. The number of ether oxygens (including phenoxy) is 1. The number of hydrogen-bond donors (Lipinski definition) is 0. The van der Waals surface area contributed by atoms with E-state index in [4.69, 9.17) is 6.11 Å². The molecule has 1 unspecified atom stereocenters. The van der Waals surface area contributed by atoms with Gasteiger partial charge in [0.15, 0.2) is 6.71 Å². The van der Waals surface area contributed by atoms with Crippen molar-refractivity contribution in [1.82, 2.24) is 0 Å². The van der Waals surface area contributed by atoms with Crippen LogP contribution in [0.15, 0.2) is 29.3 Å². The smallest absolute Gasteiger partial charge is 0.179 e. The first kappa shape index (κ1) is 4.50. The van der Waals surface area contributed by atoms with Gasteiger partial charge in [-0.15, -0.1) is 0 Å². The van der Waals surface area contributed by atoms with Crippen LogP contribution in [0.2, 0.25) is 0 Å². The van der Waals surface area contributed by atoms with Gasteiger partial charge in [-0.1, -0.05) is 12.1 Å². The van der Waals surface area contributed by atoms with Crippen LogP contribution in [0.1, 0.15) is 6.93 Å². The molecule has 1 aromatic rings.